The number of aryl methyl sites for hydroxylation is 1. The monoisotopic (exact) mass is 520 g/mol. The third kappa shape index (κ3) is 5.31. The molecule has 0 aliphatic carbocycles. The van der Waals surface area contributed by atoms with E-state index < -0.39 is 17.2 Å². The van der Waals surface area contributed by atoms with Crippen LogP contribution in [-0.4, -0.2) is 48.5 Å². The molecule has 0 fully saturated rings. The van der Waals surface area contributed by atoms with Crippen LogP contribution in [0.2, 0.25) is 0 Å². The van der Waals surface area contributed by atoms with Gasteiger partial charge in [0, 0.05) is 24.5 Å². The molecule has 4 aromatic rings. The summed E-state index contributed by atoms with van der Waals surface area (Å²) in [5.74, 6) is 1.61. The largest absolute Gasteiger partial charge is 0.493 e. The zero-order valence-electron chi connectivity index (χ0n) is 21.5. The molecule has 11 nitrogen and oxygen atoms in total. The number of aromatic nitrogens is 3. The van der Waals surface area contributed by atoms with E-state index in [-0.39, 0.29) is 24.1 Å². The van der Waals surface area contributed by atoms with Crippen molar-refractivity contribution in [3.63, 3.8) is 0 Å². The van der Waals surface area contributed by atoms with E-state index in [0.717, 1.165) is 10.1 Å². The predicted molar refractivity (Wildman–Crippen MR) is 142 cm³/mol. The van der Waals surface area contributed by atoms with E-state index >= 15 is 0 Å². The van der Waals surface area contributed by atoms with Gasteiger partial charge >= 0.3 is 5.69 Å². The summed E-state index contributed by atoms with van der Waals surface area (Å²) in [6.07, 6.45) is 1.84. The number of benzene rings is 2. The fourth-order valence-electron chi connectivity index (χ4n) is 4.13. The third-order valence-electron chi connectivity index (χ3n) is 6.03. The first-order chi connectivity index (χ1) is 18.4. The maximum Gasteiger partial charge on any atom is 0.332 e. The summed E-state index contributed by atoms with van der Waals surface area (Å²) < 4.78 is 23.5. The number of nitrogens with one attached hydrogen (secondary N) is 1. The quantitative estimate of drug-likeness (QED) is 0.338. The van der Waals surface area contributed by atoms with E-state index in [1.54, 1.807) is 49.6 Å². The van der Waals surface area contributed by atoms with Gasteiger partial charge in [-0.3, -0.25) is 18.7 Å². The SMILES string of the molecule is COc1ccc(CCn2c(=O)c3ncccc3n(CC(=O)Nc3ccc(OC)c(OC)c3)c2=O)cc1OC. The average Bonchev–Trinajstić information content (AvgIpc) is 2.94. The highest BCUT2D eigenvalue weighted by molar-refractivity contribution is 5.91. The highest BCUT2D eigenvalue weighted by Crippen LogP contribution is 2.30. The molecule has 4 rings (SSSR count). The van der Waals surface area contributed by atoms with Crippen molar-refractivity contribution in [2.75, 3.05) is 33.8 Å². The molecule has 2 aromatic carbocycles. The Labute approximate surface area is 218 Å². The highest BCUT2D eigenvalue weighted by Gasteiger charge is 2.17. The molecule has 0 spiro atoms. The maximum absolute atomic E-state index is 13.5. The Balaban J connectivity index is 1.64. The standard InChI is InChI=1S/C27H28N4O7/c1-35-20-9-7-17(14-22(20)37-3)11-13-30-26(33)25-19(6-5-12-28-25)31(27(30)34)16-24(32)29-18-8-10-21(36-2)23(15-18)38-4/h5-10,12,14-15H,11,13,16H2,1-4H3,(H,29,32). The molecule has 0 unspecified atom stereocenters. The molecular weight excluding hydrogens is 492 g/mol. The molecular formula is C27H28N4O7. The topological polar surface area (TPSA) is 123 Å². The fraction of sp³-hybridized carbons (Fsp3) is 0.259. The number of amides is 1. The number of fused-ring (bicyclic) bond motifs is 1. The Bertz CT molecular complexity index is 1590. The molecule has 0 aliphatic heterocycles. The van der Waals surface area contributed by atoms with Crippen molar-refractivity contribution in [1.82, 2.24) is 14.1 Å². The van der Waals surface area contributed by atoms with E-state index in [0.29, 0.717) is 35.1 Å². The van der Waals surface area contributed by atoms with Crippen LogP contribution < -0.4 is 35.5 Å². The van der Waals surface area contributed by atoms with E-state index in [1.807, 2.05) is 6.07 Å². The number of carbonyl (C=O) groups is 1. The lowest BCUT2D eigenvalue weighted by molar-refractivity contribution is -0.116. The summed E-state index contributed by atoms with van der Waals surface area (Å²) in [6.45, 7) is -0.247. The molecule has 1 N–H and O–H groups in total. The second-order valence-electron chi connectivity index (χ2n) is 8.25. The second-order valence-corrected chi connectivity index (χ2v) is 8.25. The van der Waals surface area contributed by atoms with Gasteiger partial charge < -0.3 is 24.3 Å². The average molecular weight is 521 g/mol. The summed E-state index contributed by atoms with van der Waals surface area (Å²) >= 11 is 0. The zero-order valence-corrected chi connectivity index (χ0v) is 21.5. The van der Waals surface area contributed by atoms with Gasteiger partial charge in [0.05, 0.1) is 34.0 Å². The first-order valence-corrected chi connectivity index (χ1v) is 11.7. The van der Waals surface area contributed by atoms with Gasteiger partial charge in [0.2, 0.25) is 5.91 Å². The van der Waals surface area contributed by atoms with Gasteiger partial charge in [0.15, 0.2) is 28.5 Å². The van der Waals surface area contributed by atoms with Gasteiger partial charge in [0.1, 0.15) is 6.54 Å². The molecule has 0 saturated carbocycles. The lowest BCUT2D eigenvalue weighted by Crippen LogP contribution is -2.42. The Morgan fingerprint density at radius 1 is 0.842 bits per heavy atom. The van der Waals surface area contributed by atoms with Crippen LogP contribution in [-0.2, 0) is 24.3 Å². The molecule has 2 aromatic heterocycles. The molecule has 0 aliphatic rings. The summed E-state index contributed by atoms with van der Waals surface area (Å²) in [5, 5.41) is 2.76. The van der Waals surface area contributed by atoms with Crippen molar-refractivity contribution < 1.29 is 23.7 Å². The number of ether oxygens (including phenoxy) is 4. The number of pyridine rings is 1. The van der Waals surface area contributed by atoms with Gasteiger partial charge in [-0.2, -0.15) is 0 Å². The highest BCUT2D eigenvalue weighted by atomic mass is 16.5. The lowest BCUT2D eigenvalue weighted by atomic mass is 10.1. The number of rotatable bonds is 10. The molecule has 198 valence electrons. The first-order valence-electron chi connectivity index (χ1n) is 11.7. The molecule has 0 radical (unpaired) electrons. The number of methoxy groups -OCH3 is 4. The van der Waals surface area contributed by atoms with Gasteiger partial charge in [-0.25, -0.2) is 9.78 Å². The first kappa shape index (κ1) is 26.3. The van der Waals surface area contributed by atoms with Crippen LogP contribution in [0.3, 0.4) is 0 Å². The van der Waals surface area contributed by atoms with Crippen molar-refractivity contribution >= 4 is 22.6 Å². The summed E-state index contributed by atoms with van der Waals surface area (Å²) in [5.41, 5.74) is 0.532. The number of hydrogen-bond acceptors (Lipinski definition) is 8. The molecule has 0 atom stereocenters. The van der Waals surface area contributed by atoms with Crippen molar-refractivity contribution in [2.24, 2.45) is 0 Å². The molecule has 0 saturated heterocycles. The fourth-order valence-corrected chi connectivity index (χ4v) is 4.13. The molecule has 1 amide bonds. The predicted octanol–water partition coefficient (Wildman–Crippen LogP) is 2.47. The van der Waals surface area contributed by atoms with Crippen molar-refractivity contribution in [3.05, 3.63) is 81.1 Å². The van der Waals surface area contributed by atoms with Gasteiger partial charge in [-0.1, -0.05) is 6.07 Å². The number of hydrogen-bond donors (Lipinski definition) is 1. The summed E-state index contributed by atoms with van der Waals surface area (Å²) in [4.78, 5) is 43.8. The Morgan fingerprint density at radius 2 is 1.50 bits per heavy atom. The van der Waals surface area contributed by atoms with Crippen LogP contribution in [0.25, 0.3) is 11.0 Å². The van der Waals surface area contributed by atoms with E-state index in [1.165, 1.54) is 32.1 Å². The Hall–Kier alpha value is -4.80. The Morgan fingerprint density at radius 3 is 2.18 bits per heavy atom. The van der Waals surface area contributed by atoms with Gasteiger partial charge in [-0.05, 0) is 48.4 Å². The number of anilines is 1. The smallest absolute Gasteiger partial charge is 0.332 e. The van der Waals surface area contributed by atoms with Gasteiger partial charge in [0.25, 0.3) is 5.56 Å². The third-order valence-corrected chi connectivity index (χ3v) is 6.03. The molecule has 0 bridgehead atoms. The zero-order chi connectivity index (χ0) is 27.2. The minimum Gasteiger partial charge on any atom is -0.493 e. The van der Waals surface area contributed by atoms with Crippen molar-refractivity contribution in [3.8, 4) is 23.0 Å². The van der Waals surface area contributed by atoms with Gasteiger partial charge in [-0.15, -0.1) is 0 Å². The van der Waals surface area contributed by atoms with Crippen molar-refractivity contribution in [1.29, 1.82) is 0 Å². The lowest BCUT2D eigenvalue weighted by Gasteiger charge is -2.15. The Kier molecular flexibility index (Phi) is 7.95. The van der Waals surface area contributed by atoms with Crippen LogP contribution >= 0.6 is 0 Å². The molecule has 2 heterocycles. The van der Waals surface area contributed by atoms with E-state index in [9.17, 15) is 14.4 Å². The second kappa shape index (κ2) is 11.5. The molecule has 38 heavy (non-hydrogen) atoms. The van der Waals surface area contributed by atoms with Crippen LogP contribution in [0, 0.1) is 0 Å². The minimum absolute atomic E-state index is 0.0803. The summed E-state index contributed by atoms with van der Waals surface area (Å²) in [7, 11) is 6.09. The van der Waals surface area contributed by atoms with Crippen LogP contribution in [0.1, 0.15) is 5.56 Å². The van der Waals surface area contributed by atoms with Crippen LogP contribution in [0.15, 0.2) is 64.3 Å². The maximum atomic E-state index is 13.5. The summed E-state index contributed by atoms with van der Waals surface area (Å²) in [6, 6.07) is 13.5. The number of carbonyl (C=O) groups excluding carboxylic acids is 1. The van der Waals surface area contributed by atoms with Crippen molar-refractivity contribution in [2.45, 2.75) is 19.5 Å². The van der Waals surface area contributed by atoms with E-state index in [4.69, 9.17) is 18.9 Å². The van der Waals surface area contributed by atoms with Crippen LogP contribution in [0.5, 0.6) is 23.0 Å². The number of nitrogens with zero attached hydrogens (tertiary/aromatic N) is 3. The normalized spacial score (nSPS) is 10.7. The van der Waals surface area contributed by atoms with E-state index in [2.05, 4.69) is 10.3 Å². The van der Waals surface area contributed by atoms with Crippen LogP contribution in [0.4, 0.5) is 5.69 Å². The minimum atomic E-state index is -0.613. The molecule has 11 heteroatoms.